The lowest BCUT2D eigenvalue weighted by atomic mass is 9.99. The fourth-order valence-corrected chi connectivity index (χ4v) is 2.86. The molecule has 3 heterocycles. The number of carbonyl (C=O) groups is 1. The van der Waals surface area contributed by atoms with Crippen molar-refractivity contribution in [3.63, 3.8) is 0 Å². The molecule has 6 heteroatoms. The molecule has 0 aliphatic carbocycles. The molecule has 1 amide bonds. The molecule has 2 N–H and O–H groups in total. The van der Waals surface area contributed by atoms with Crippen molar-refractivity contribution in [2.24, 2.45) is 0 Å². The number of rotatable bonds is 3. The Morgan fingerprint density at radius 3 is 3.14 bits per heavy atom. The second-order valence-corrected chi connectivity index (χ2v) is 5.63. The summed E-state index contributed by atoms with van der Waals surface area (Å²) in [5.74, 6) is -0.124. The minimum Gasteiger partial charge on any atom is -0.377 e. The molecule has 0 fully saturated rings. The summed E-state index contributed by atoms with van der Waals surface area (Å²) in [6.45, 7) is 5.91. The van der Waals surface area contributed by atoms with E-state index in [-0.39, 0.29) is 18.1 Å². The Morgan fingerprint density at radius 2 is 2.38 bits per heavy atom. The van der Waals surface area contributed by atoms with E-state index in [9.17, 15) is 4.79 Å². The number of hydrogen-bond donors (Lipinski definition) is 2. The van der Waals surface area contributed by atoms with Crippen molar-refractivity contribution in [2.45, 2.75) is 38.9 Å². The van der Waals surface area contributed by atoms with Crippen LogP contribution in [0.25, 0.3) is 0 Å². The molecule has 0 unspecified atom stereocenters. The van der Waals surface area contributed by atoms with E-state index in [1.165, 1.54) is 5.57 Å². The quantitative estimate of drug-likeness (QED) is 0.828. The summed E-state index contributed by atoms with van der Waals surface area (Å²) in [6, 6.07) is 0. The van der Waals surface area contributed by atoms with Crippen LogP contribution in [-0.2, 0) is 15.9 Å². The minimum absolute atomic E-state index is 0.0454. The molecule has 21 heavy (non-hydrogen) atoms. The molecule has 2 atom stereocenters. The zero-order valence-electron chi connectivity index (χ0n) is 12.4. The maximum absolute atomic E-state index is 12.3. The van der Waals surface area contributed by atoms with Gasteiger partial charge >= 0.3 is 0 Å². The Balaban J connectivity index is 1.69. The van der Waals surface area contributed by atoms with Crippen LogP contribution in [0.5, 0.6) is 0 Å². The molecule has 114 valence electrons. The van der Waals surface area contributed by atoms with Crippen LogP contribution in [0.3, 0.4) is 0 Å². The smallest absolute Gasteiger partial charge is 0.272 e. The van der Waals surface area contributed by atoms with Gasteiger partial charge in [0.05, 0.1) is 31.1 Å². The maximum Gasteiger partial charge on any atom is 0.272 e. The van der Waals surface area contributed by atoms with E-state index in [1.807, 2.05) is 19.9 Å². The van der Waals surface area contributed by atoms with E-state index in [1.54, 1.807) is 0 Å². The molecule has 2 aliphatic rings. The van der Waals surface area contributed by atoms with Crippen LogP contribution in [0.2, 0.25) is 0 Å². The third-order valence-corrected chi connectivity index (χ3v) is 3.98. The number of H-pyrrole nitrogens is 1. The average molecular weight is 291 g/mol. The molecule has 0 saturated heterocycles. The van der Waals surface area contributed by atoms with Gasteiger partial charge in [-0.3, -0.25) is 9.89 Å². The molecular weight excluding hydrogens is 270 g/mol. The SMILES string of the molecule is C[C@@H]1Cc2c(C(=O)NCC3=CCOCC3)n[nH]c2[C@H](C)O1. The van der Waals surface area contributed by atoms with Crippen LogP contribution in [0.4, 0.5) is 0 Å². The second kappa shape index (κ2) is 5.99. The molecule has 2 aliphatic heterocycles. The van der Waals surface area contributed by atoms with Crippen molar-refractivity contribution >= 4 is 5.91 Å². The summed E-state index contributed by atoms with van der Waals surface area (Å²) in [5.41, 5.74) is 3.62. The number of hydrogen-bond acceptors (Lipinski definition) is 4. The van der Waals surface area contributed by atoms with Crippen molar-refractivity contribution in [1.82, 2.24) is 15.5 Å². The number of aromatic nitrogens is 2. The van der Waals surface area contributed by atoms with Crippen LogP contribution >= 0.6 is 0 Å². The van der Waals surface area contributed by atoms with Gasteiger partial charge in [0.25, 0.3) is 5.91 Å². The molecule has 1 aromatic heterocycles. The van der Waals surface area contributed by atoms with E-state index >= 15 is 0 Å². The van der Waals surface area contributed by atoms with Gasteiger partial charge in [0.2, 0.25) is 0 Å². The predicted molar refractivity (Wildman–Crippen MR) is 77.1 cm³/mol. The van der Waals surface area contributed by atoms with Crippen molar-refractivity contribution in [3.8, 4) is 0 Å². The van der Waals surface area contributed by atoms with Gasteiger partial charge in [0, 0.05) is 18.5 Å². The molecule has 0 bridgehead atoms. The normalized spacial score (nSPS) is 25.1. The third-order valence-electron chi connectivity index (χ3n) is 3.98. The first-order valence-corrected chi connectivity index (χ1v) is 7.41. The highest BCUT2D eigenvalue weighted by Gasteiger charge is 2.29. The van der Waals surface area contributed by atoms with Crippen molar-refractivity contribution in [1.29, 1.82) is 0 Å². The van der Waals surface area contributed by atoms with E-state index in [2.05, 4.69) is 15.5 Å². The second-order valence-electron chi connectivity index (χ2n) is 5.63. The summed E-state index contributed by atoms with van der Waals surface area (Å²) in [5, 5.41) is 10.1. The van der Waals surface area contributed by atoms with Crippen LogP contribution in [0.1, 0.15) is 48.1 Å². The predicted octanol–water partition coefficient (Wildman–Crippen LogP) is 1.51. The average Bonchev–Trinajstić information content (AvgIpc) is 2.90. The number of nitrogens with one attached hydrogen (secondary N) is 2. The van der Waals surface area contributed by atoms with Gasteiger partial charge in [0.15, 0.2) is 5.69 Å². The van der Waals surface area contributed by atoms with Crippen LogP contribution < -0.4 is 5.32 Å². The minimum atomic E-state index is -0.124. The summed E-state index contributed by atoms with van der Waals surface area (Å²) in [7, 11) is 0. The van der Waals surface area contributed by atoms with Gasteiger partial charge in [-0.05, 0) is 20.3 Å². The molecule has 3 rings (SSSR count). The standard InChI is InChI=1S/C15H21N3O3/c1-9-7-12-13(10(2)21-9)17-18-14(12)15(19)16-8-11-3-5-20-6-4-11/h3,9-10H,4-8H2,1-2H3,(H,16,19)(H,17,18)/t9-,10+/m1/s1. The molecule has 0 radical (unpaired) electrons. The fourth-order valence-electron chi connectivity index (χ4n) is 2.86. The number of nitrogens with zero attached hydrogens (tertiary/aromatic N) is 1. The summed E-state index contributed by atoms with van der Waals surface area (Å²) < 4.78 is 11.0. The molecule has 1 aromatic rings. The van der Waals surface area contributed by atoms with Crippen molar-refractivity contribution in [2.75, 3.05) is 19.8 Å². The molecular formula is C15H21N3O3. The molecule has 0 aromatic carbocycles. The Labute approximate surface area is 123 Å². The lowest BCUT2D eigenvalue weighted by Crippen LogP contribution is -2.29. The van der Waals surface area contributed by atoms with E-state index in [0.717, 1.165) is 30.7 Å². The number of ether oxygens (including phenoxy) is 2. The maximum atomic E-state index is 12.3. The number of carbonyl (C=O) groups excluding carboxylic acids is 1. The Bertz CT molecular complexity index is 565. The van der Waals surface area contributed by atoms with Gasteiger partial charge in [-0.25, -0.2) is 0 Å². The van der Waals surface area contributed by atoms with Crippen LogP contribution in [0.15, 0.2) is 11.6 Å². The number of fused-ring (bicyclic) bond motifs is 1. The van der Waals surface area contributed by atoms with Gasteiger partial charge in [-0.15, -0.1) is 0 Å². The lowest BCUT2D eigenvalue weighted by Gasteiger charge is -2.25. The zero-order chi connectivity index (χ0) is 14.8. The van der Waals surface area contributed by atoms with Crippen LogP contribution in [-0.4, -0.2) is 42.0 Å². The molecule has 6 nitrogen and oxygen atoms in total. The Morgan fingerprint density at radius 1 is 1.52 bits per heavy atom. The summed E-state index contributed by atoms with van der Waals surface area (Å²) in [6.07, 6.45) is 3.68. The lowest BCUT2D eigenvalue weighted by molar-refractivity contribution is -0.00697. The highest BCUT2D eigenvalue weighted by atomic mass is 16.5. The largest absolute Gasteiger partial charge is 0.377 e. The zero-order valence-corrected chi connectivity index (χ0v) is 12.4. The van der Waals surface area contributed by atoms with Crippen molar-refractivity contribution < 1.29 is 14.3 Å². The van der Waals surface area contributed by atoms with Gasteiger partial charge in [-0.2, -0.15) is 5.10 Å². The molecule has 0 spiro atoms. The molecule has 0 saturated carbocycles. The number of amides is 1. The van der Waals surface area contributed by atoms with Gasteiger partial charge < -0.3 is 14.8 Å². The Kier molecular flexibility index (Phi) is 4.07. The van der Waals surface area contributed by atoms with Crippen LogP contribution in [0, 0.1) is 0 Å². The van der Waals surface area contributed by atoms with E-state index in [0.29, 0.717) is 18.8 Å². The highest BCUT2D eigenvalue weighted by molar-refractivity contribution is 5.94. The van der Waals surface area contributed by atoms with Gasteiger partial charge in [-0.1, -0.05) is 11.6 Å². The Hall–Kier alpha value is -1.66. The van der Waals surface area contributed by atoms with Gasteiger partial charge in [0.1, 0.15) is 0 Å². The third kappa shape index (κ3) is 3.01. The van der Waals surface area contributed by atoms with E-state index < -0.39 is 0 Å². The summed E-state index contributed by atoms with van der Waals surface area (Å²) >= 11 is 0. The monoisotopic (exact) mass is 291 g/mol. The first kappa shape index (κ1) is 14.3. The van der Waals surface area contributed by atoms with Crippen molar-refractivity contribution in [3.05, 3.63) is 28.6 Å². The summed E-state index contributed by atoms with van der Waals surface area (Å²) in [4.78, 5) is 12.3. The van der Waals surface area contributed by atoms with E-state index in [4.69, 9.17) is 9.47 Å². The fraction of sp³-hybridized carbons (Fsp3) is 0.600. The topological polar surface area (TPSA) is 76.2 Å². The first-order chi connectivity index (χ1) is 10.1. The first-order valence-electron chi connectivity index (χ1n) is 7.41. The highest BCUT2D eigenvalue weighted by Crippen LogP contribution is 2.30. The number of aromatic amines is 1.